The highest BCUT2D eigenvalue weighted by Gasteiger charge is 2.41. The molecule has 0 radical (unpaired) electrons. The van der Waals surface area contributed by atoms with Gasteiger partial charge in [-0.3, -0.25) is 4.79 Å². The van der Waals surface area contributed by atoms with Crippen LogP contribution in [0.3, 0.4) is 0 Å². The molecule has 2 aliphatic rings. The molecule has 0 aromatic heterocycles. The van der Waals surface area contributed by atoms with E-state index < -0.39 is 0 Å². The molecule has 2 aliphatic heterocycles. The number of nitrogens with zero attached hydrogens (tertiary/aromatic N) is 1. The average molecular weight is 360 g/mol. The van der Waals surface area contributed by atoms with Crippen LogP contribution in [-0.4, -0.2) is 37.0 Å². The number of halogens is 2. The van der Waals surface area contributed by atoms with Gasteiger partial charge < -0.3 is 10.2 Å². The van der Waals surface area contributed by atoms with E-state index in [1.54, 1.807) is 0 Å². The van der Waals surface area contributed by atoms with Crippen molar-refractivity contribution in [1.29, 1.82) is 0 Å². The SMILES string of the molecule is Cc1cc(C(=O)N2CCC3(CCNC3)C2)ccc1Br.Cl. The maximum atomic E-state index is 12.5. The van der Waals surface area contributed by atoms with Gasteiger partial charge in [-0.15, -0.1) is 12.4 Å². The molecule has 2 fully saturated rings. The van der Waals surface area contributed by atoms with Crippen molar-refractivity contribution in [3.8, 4) is 0 Å². The molecule has 20 heavy (non-hydrogen) atoms. The summed E-state index contributed by atoms with van der Waals surface area (Å²) in [5, 5.41) is 3.43. The molecule has 0 aliphatic carbocycles. The summed E-state index contributed by atoms with van der Waals surface area (Å²) in [6, 6.07) is 5.85. The molecule has 1 spiro atoms. The van der Waals surface area contributed by atoms with Crippen molar-refractivity contribution in [2.75, 3.05) is 26.2 Å². The predicted molar refractivity (Wildman–Crippen MR) is 86.6 cm³/mol. The Morgan fingerprint density at radius 3 is 2.85 bits per heavy atom. The summed E-state index contributed by atoms with van der Waals surface area (Å²) in [4.78, 5) is 14.6. The number of hydrogen-bond acceptors (Lipinski definition) is 2. The molecule has 110 valence electrons. The van der Waals surface area contributed by atoms with E-state index in [9.17, 15) is 4.79 Å². The van der Waals surface area contributed by atoms with Crippen LogP contribution in [0.1, 0.15) is 28.8 Å². The van der Waals surface area contributed by atoms with Crippen LogP contribution >= 0.6 is 28.3 Å². The number of hydrogen-bond donors (Lipinski definition) is 1. The van der Waals surface area contributed by atoms with Gasteiger partial charge in [0.15, 0.2) is 0 Å². The highest BCUT2D eigenvalue weighted by Crippen LogP contribution is 2.36. The Morgan fingerprint density at radius 2 is 2.20 bits per heavy atom. The molecule has 3 rings (SSSR count). The lowest BCUT2D eigenvalue weighted by Gasteiger charge is -2.23. The highest BCUT2D eigenvalue weighted by atomic mass is 79.9. The standard InChI is InChI=1S/C15H19BrN2O.ClH/c1-11-8-12(2-3-13(11)16)14(19)18-7-5-15(10-18)4-6-17-9-15;/h2-3,8,17H,4-7,9-10H2,1H3;1H. The zero-order valence-electron chi connectivity index (χ0n) is 11.6. The first kappa shape index (κ1) is 15.8. The normalized spacial score (nSPS) is 25.0. The summed E-state index contributed by atoms with van der Waals surface area (Å²) in [7, 11) is 0. The number of carbonyl (C=O) groups is 1. The third-order valence-electron chi connectivity index (χ3n) is 4.46. The molecule has 1 atom stereocenters. The van der Waals surface area contributed by atoms with Crippen LogP contribution < -0.4 is 5.32 Å². The molecular weight excluding hydrogens is 340 g/mol. The van der Waals surface area contributed by atoms with Gasteiger partial charge >= 0.3 is 0 Å². The monoisotopic (exact) mass is 358 g/mol. The predicted octanol–water partition coefficient (Wildman–Crippen LogP) is 3.00. The topological polar surface area (TPSA) is 32.3 Å². The number of nitrogens with one attached hydrogen (secondary N) is 1. The van der Waals surface area contributed by atoms with Gasteiger partial charge in [-0.1, -0.05) is 15.9 Å². The van der Waals surface area contributed by atoms with Crippen molar-refractivity contribution in [3.05, 3.63) is 33.8 Å². The van der Waals surface area contributed by atoms with Crippen LogP contribution in [0, 0.1) is 12.3 Å². The van der Waals surface area contributed by atoms with Gasteiger partial charge in [0.2, 0.25) is 0 Å². The van der Waals surface area contributed by atoms with Crippen molar-refractivity contribution in [1.82, 2.24) is 10.2 Å². The Bertz CT molecular complexity index is 515. The third kappa shape index (κ3) is 2.87. The Labute approximate surface area is 134 Å². The third-order valence-corrected chi connectivity index (χ3v) is 5.35. The van der Waals surface area contributed by atoms with Gasteiger partial charge in [0.25, 0.3) is 5.91 Å². The molecule has 2 heterocycles. The highest BCUT2D eigenvalue weighted by molar-refractivity contribution is 9.10. The molecular formula is C15H20BrClN2O. The average Bonchev–Trinajstić information content (AvgIpc) is 3.03. The Morgan fingerprint density at radius 1 is 1.40 bits per heavy atom. The Balaban J connectivity index is 0.00000147. The lowest BCUT2D eigenvalue weighted by molar-refractivity contribution is 0.0775. The van der Waals surface area contributed by atoms with E-state index in [0.717, 1.165) is 48.2 Å². The number of aryl methyl sites for hydroxylation is 1. The fourth-order valence-corrected chi connectivity index (χ4v) is 3.46. The fourth-order valence-electron chi connectivity index (χ4n) is 3.21. The van der Waals surface area contributed by atoms with E-state index in [2.05, 4.69) is 21.2 Å². The zero-order valence-corrected chi connectivity index (χ0v) is 14.0. The molecule has 1 aromatic rings. The molecule has 1 N–H and O–H groups in total. The van der Waals surface area contributed by atoms with Gasteiger partial charge in [0.05, 0.1) is 0 Å². The number of rotatable bonds is 1. The first-order chi connectivity index (χ1) is 9.10. The quantitative estimate of drug-likeness (QED) is 0.836. The van der Waals surface area contributed by atoms with E-state index in [-0.39, 0.29) is 18.3 Å². The number of likely N-dealkylation sites (tertiary alicyclic amines) is 1. The van der Waals surface area contributed by atoms with E-state index in [0.29, 0.717) is 5.41 Å². The first-order valence-corrected chi connectivity index (χ1v) is 7.65. The van der Waals surface area contributed by atoms with E-state index in [1.807, 2.05) is 30.0 Å². The summed E-state index contributed by atoms with van der Waals surface area (Å²) in [5.74, 6) is 0.180. The zero-order chi connectivity index (χ0) is 13.5. The van der Waals surface area contributed by atoms with Crippen molar-refractivity contribution in [3.63, 3.8) is 0 Å². The van der Waals surface area contributed by atoms with Crippen LogP contribution in [0.4, 0.5) is 0 Å². The minimum Gasteiger partial charge on any atom is -0.338 e. The summed E-state index contributed by atoms with van der Waals surface area (Å²) < 4.78 is 1.06. The maximum Gasteiger partial charge on any atom is 0.253 e. The molecule has 1 unspecified atom stereocenters. The second-order valence-electron chi connectivity index (χ2n) is 5.87. The molecule has 1 aromatic carbocycles. The molecule has 0 saturated carbocycles. The minimum atomic E-state index is 0. The van der Waals surface area contributed by atoms with Gasteiger partial charge in [-0.25, -0.2) is 0 Å². The summed E-state index contributed by atoms with van der Waals surface area (Å²) in [6.07, 6.45) is 2.34. The van der Waals surface area contributed by atoms with Crippen LogP contribution in [-0.2, 0) is 0 Å². The van der Waals surface area contributed by atoms with Crippen LogP contribution in [0.2, 0.25) is 0 Å². The number of carbonyl (C=O) groups excluding carboxylic acids is 1. The summed E-state index contributed by atoms with van der Waals surface area (Å²) in [5.41, 5.74) is 2.27. The summed E-state index contributed by atoms with van der Waals surface area (Å²) >= 11 is 3.48. The minimum absolute atomic E-state index is 0. The van der Waals surface area contributed by atoms with Gasteiger partial charge in [-0.05, 0) is 50.1 Å². The molecule has 5 heteroatoms. The largest absolute Gasteiger partial charge is 0.338 e. The van der Waals surface area contributed by atoms with Crippen molar-refractivity contribution >= 4 is 34.2 Å². The second-order valence-corrected chi connectivity index (χ2v) is 6.72. The Hall–Kier alpha value is -0.580. The number of amides is 1. The molecule has 3 nitrogen and oxygen atoms in total. The van der Waals surface area contributed by atoms with Gasteiger partial charge in [-0.2, -0.15) is 0 Å². The second kappa shape index (κ2) is 6.04. The smallest absolute Gasteiger partial charge is 0.253 e. The van der Waals surface area contributed by atoms with Crippen molar-refractivity contribution < 1.29 is 4.79 Å². The van der Waals surface area contributed by atoms with Crippen LogP contribution in [0.25, 0.3) is 0 Å². The van der Waals surface area contributed by atoms with Gasteiger partial charge in [0, 0.05) is 35.1 Å². The van der Waals surface area contributed by atoms with Crippen molar-refractivity contribution in [2.45, 2.75) is 19.8 Å². The van der Waals surface area contributed by atoms with E-state index in [1.165, 1.54) is 6.42 Å². The first-order valence-electron chi connectivity index (χ1n) is 6.86. The van der Waals surface area contributed by atoms with Gasteiger partial charge in [0.1, 0.15) is 0 Å². The molecule has 2 saturated heterocycles. The van der Waals surface area contributed by atoms with Crippen LogP contribution in [0.15, 0.2) is 22.7 Å². The molecule has 0 bridgehead atoms. The lowest BCUT2D eigenvalue weighted by atomic mass is 9.86. The number of benzene rings is 1. The van der Waals surface area contributed by atoms with E-state index >= 15 is 0 Å². The van der Waals surface area contributed by atoms with Crippen molar-refractivity contribution in [2.24, 2.45) is 5.41 Å². The summed E-state index contributed by atoms with van der Waals surface area (Å²) in [6.45, 7) is 5.99. The Kier molecular flexibility index (Phi) is 4.77. The maximum absolute atomic E-state index is 12.5. The molecule has 1 amide bonds. The van der Waals surface area contributed by atoms with E-state index in [4.69, 9.17) is 0 Å². The fraction of sp³-hybridized carbons (Fsp3) is 0.533. The lowest BCUT2D eigenvalue weighted by Crippen LogP contribution is -2.33. The van der Waals surface area contributed by atoms with Crippen LogP contribution in [0.5, 0.6) is 0 Å².